The Morgan fingerprint density at radius 1 is 1.26 bits per heavy atom. The van der Waals surface area contributed by atoms with E-state index in [1.165, 1.54) is 0 Å². The first-order valence-electron chi connectivity index (χ1n) is 7.68. The lowest BCUT2D eigenvalue weighted by Crippen LogP contribution is -2.41. The van der Waals surface area contributed by atoms with Crippen LogP contribution >= 0.6 is 0 Å². The summed E-state index contributed by atoms with van der Waals surface area (Å²) < 4.78 is 12.0. The lowest BCUT2D eigenvalue weighted by atomic mass is 9.76. The topological polar surface area (TPSA) is 81.8 Å². The zero-order chi connectivity index (χ0) is 17.4. The van der Waals surface area contributed by atoms with Gasteiger partial charge in [0.15, 0.2) is 0 Å². The summed E-state index contributed by atoms with van der Waals surface area (Å²) in [5, 5.41) is 9.38. The molecule has 0 bridgehead atoms. The molecule has 0 unspecified atom stereocenters. The molecule has 1 aromatic carbocycles. The highest BCUT2D eigenvalue weighted by atomic mass is 16.7. The molecule has 124 valence electrons. The maximum atomic E-state index is 11.4. The lowest BCUT2D eigenvalue weighted by molar-refractivity contribution is 0.00578. The molecule has 1 heterocycles. The monoisotopic (exact) mass is 317 g/mol. The average Bonchev–Trinajstić information content (AvgIpc) is 2.65. The Hall–Kier alpha value is -1.63. The van der Waals surface area contributed by atoms with Gasteiger partial charge >= 0.3 is 13.1 Å². The minimum atomic E-state index is -0.967. The standard InChI is InChI=1S/C17H24BNO4/c1-11-7-6-8-13(15(20)21)14(11)9-12(10-19)18-22-16(2,3)17(4,5)23-18/h6-9H,10,19H2,1-5H3,(H,20,21). The number of aromatic carboxylic acids is 1. The largest absolute Gasteiger partial charge is 0.491 e. The van der Waals surface area contributed by atoms with Crippen LogP contribution in [0.1, 0.15) is 49.2 Å². The SMILES string of the molecule is Cc1cccc(C(=O)O)c1C=C(CN)B1OC(C)(C)C(C)(C)O1. The molecule has 1 aromatic rings. The van der Waals surface area contributed by atoms with Gasteiger partial charge in [0.2, 0.25) is 0 Å². The number of carbonyl (C=O) groups is 1. The molecule has 0 spiro atoms. The van der Waals surface area contributed by atoms with Gasteiger partial charge in [-0.25, -0.2) is 4.79 Å². The van der Waals surface area contributed by atoms with Gasteiger partial charge in [-0.2, -0.15) is 0 Å². The van der Waals surface area contributed by atoms with Gasteiger partial charge in [-0.05, 0) is 57.3 Å². The van der Waals surface area contributed by atoms with Gasteiger partial charge in [0.25, 0.3) is 0 Å². The summed E-state index contributed by atoms with van der Waals surface area (Å²) in [5.41, 5.74) is 7.42. The van der Waals surface area contributed by atoms with Crippen molar-refractivity contribution >= 4 is 19.2 Å². The van der Waals surface area contributed by atoms with Crippen LogP contribution in [0.2, 0.25) is 0 Å². The molecular weight excluding hydrogens is 293 g/mol. The van der Waals surface area contributed by atoms with E-state index in [1.807, 2.05) is 40.7 Å². The van der Waals surface area contributed by atoms with E-state index in [-0.39, 0.29) is 12.1 Å². The third-order valence-corrected chi connectivity index (χ3v) is 4.68. The molecule has 6 heteroatoms. The van der Waals surface area contributed by atoms with Crippen LogP contribution in [0.5, 0.6) is 0 Å². The second kappa shape index (κ2) is 6.11. The van der Waals surface area contributed by atoms with Crippen LogP contribution in [-0.4, -0.2) is 35.9 Å². The van der Waals surface area contributed by atoms with E-state index in [4.69, 9.17) is 15.0 Å². The first kappa shape index (κ1) is 17.7. The maximum absolute atomic E-state index is 11.4. The first-order chi connectivity index (χ1) is 10.6. The molecule has 1 saturated heterocycles. The Balaban J connectivity index is 2.44. The third kappa shape index (κ3) is 3.34. The Morgan fingerprint density at radius 2 is 1.83 bits per heavy atom. The van der Waals surface area contributed by atoms with Crippen molar-refractivity contribution in [2.75, 3.05) is 6.54 Å². The number of hydrogen-bond donors (Lipinski definition) is 2. The molecule has 0 amide bonds. The van der Waals surface area contributed by atoms with Crippen molar-refractivity contribution in [3.05, 3.63) is 40.4 Å². The summed E-state index contributed by atoms with van der Waals surface area (Å²) in [5.74, 6) is -0.967. The zero-order valence-electron chi connectivity index (χ0n) is 14.3. The molecule has 1 fully saturated rings. The Labute approximate surface area is 137 Å². The van der Waals surface area contributed by atoms with Gasteiger partial charge in [-0.3, -0.25) is 0 Å². The van der Waals surface area contributed by atoms with Gasteiger partial charge in [-0.15, -0.1) is 0 Å². The van der Waals surface area contributed by atoms with Crippen molar-refractivity contribution in [2.45, 2.75) is 45.8 Å². The van der Waals surface area contributed by atoms with Crippen LogP contribution in [0.4, 0.5) is 0 Å². The number of carboxylic acids is 1. The van der Waals surface area contributed by atoms with Gasteiger partial charge in [0.05, 0.1) is 16.8 Å². The number of nitrogens with two attached hydrogens (primary N) is 1. The highest BCUT2D eigenvalue weighted by molar-refractivity contribution is 6.56. The van der Waals surface area contributed by atoms with E-state index in [2.05, 4.69) is 0 Å². The van der Waals surface area contributed by atoms with Gasteiger partial charge in [0.1, 0.15) is 0 Å². The van der Waals surface area contributed by atoms with E-state index in [0.29, 0.717) is 5.56 Å². The van der Waals surface area contributed by atoms with Crippen LogP contribution in [0, 0.1) is 6.92 Å². The van der Waals surface area contributed by atoms with Gasteiger partial charge in [0, 0.05) is 6.54 Å². The number of rotatable bonds is 4. The van der Waals surface area contributed by atoms with Crippen LogP contribution in [-0.2, 0) is 9.31 Å². The van der Waals surface area contributed by atoms with Crippen molar-refractivity contribution in [1.29, 1.82) is 0 Å². The van der Waals surface area contributed by atoms with Crippen molar-refractivity contribution < 1.29 is 19.2 Å². The van der Waals surface area contributed by atoms with Crippen molar-refractivity contribution in [3.63, 3.8) is 0 Å². The predicted molar refractivity (Wildman–Crippen MR) is 91.3 cm³/mol. The summed E-state index contributed by atoms with van der Waals surface area (Å²) >= 11 is 0. The second-order valence-electron chi connectivity index (χ2n) is 6.85. The number of aryl methyl sites for hydroxylation is 1. The molecule has 3 N–H and O–H groups in total. The zero-order valence-corrected chi connectivity index (χ0v) is 14.3. The Morgan fingerprint density at radius 3 is 2.30 bits per heavy atom. The lowest BCUT2D eigenvalue weighted by Gasteiger charge is -2.32. The van der Waals surface area contributed by atoms with Crippen LogP contribution < -0.4 is 5.73 Å². The molecule has 5 nitrogen and oxygen atoms in total. The molecule has 2 rings (SSSR count). The average molecular weight is 317 g/mol. The second-order valence-corrected chi connectivity index (χ2v) is 6.85. The Bertz CT molecular complexity index is 636. The first-order valence-corrected chi connectivity index (χ1v) is 7.68. The van der Waals surface area contributed by atoms with Crippen LogP contribution in [0.15, 0.2) is 23.7 Å². The van der Waals surface area contributed by atoms with Crippen LogP contribution in [0.25, 0.3) is 6.08 Å². The fraction of sp³-hybridized carbons (Fsp3) is 0.471. The molecule has 0 atom stereocenters. The van der Waals surface area contributed by atoms with E-state index in [1.54, 1.807) is 18.2 Å². The fourth-order valence-corrected chi connectivity index (χ4v) is 2.46. The van der Waals surface area contributed by atoms with E-state index in [9.17, 15) is 9.90 Å². The maximum Gasteiger partial charge on any atom is 0.491 e. The normalized spacial score (nSPS) is 19.9. The molecule has 0 saturated carbocycles. The molecule has 0 aliphatic carbocycles. The molecule has 1 aliphatic heterocycles. The third-order valence-electron chi connectivity index (χ3n) is 4.68. The highest BCUT2D eigenvalue weighted by Gasteiger charge is 2.52. The molecule has 0 aromatic heterocycles. The summed E-state index contributed by atoms with van der Waals surface area (Å²) in [6.07, 6.45) is 1.78. The molecule has 0 radical (unpaired) electrons. The van der Waals surface area contributed by atoms with Crippen LogP contribution in [0.3, 0.4) is 0 Å². The number of hydrogen-bond acceptors (Lipinski definition) is 4. The summed E-state index contributed by atoms with van der Waals surface area (Å²) in [4.78, 5) is 11.4. The quantitative estimate of drug-likeness (QED) is 0.834. The van der Waals surface area contributed by atoms with Crippen molar-refractivity contribution in [2.24, 2.45) is 5.73 Å². The minimum absolute atomic E-state index is 0.226. The van der Waals surface area contributed by atoms with E-state index in [0.717, 1.165) is 11.0 Å². The fourth-order valence-electron chi connectivity index (χ4n) is 2.46. The van der Waals surface area contributed by atoms with E-state index < -0.39 is 24.3 Å². The van der Waals surface area contributed by atoms with Gasteiger partial charge in [-0.1, -0.05) is 18.2 Å². The summed E-state index contributed by atoms with van der Waals surface area (Å²) in [6.45, 7) is 9.98. The van der Waals surface area contributed by atoms with Crippen molar-refractivity contribution in [1.82, 2.24) is 0 Å². The predicted octanol–water partition coefficient (Wildman–Crippen LogP) is 2.67. The number of benzene rings is 1. The Kier molecular flexibility index (Phi) is 4.71. The summed E-state index contributed by atoms with van der Waals surface area (Å²) in [6, 6.07) is 5.18. The van der Waals surface area contributed by atoms with Crippen molar-refractivity contribution in [3.8, 4) is 0 Å². The molecule has 1 aliphatic rings. The highest BCUT2D eigenvalue weighted by Crippen LogP contribution is 2.38. The molecular formula is C17H24BNO4. The number of carboxylic acid groups (broad SMARTS) is 1. The van der Waals surface area contributed by atoms with E-state index >= 15 is 0 Å². The smallest absolute Gasteiger partial charge is 0.478 e. The van der Waals surface area contributed by atoms with Gasteiger partial charge < -0.3 is 20.1 Å². The minimum Gasteiger partial charge on any atom is -0.478 e. The summed E-state index contributed by atoms with van der Waals surface area (Å²) in [7, 11) is -0.578. The molecule has 23 heavy (non-hydrogen) atoms.